The van der Waals surface area contributed by atoms with Gasteiger partial charge in [-0.05, 0) is 43.8 Å². The van der Waals surface area contributed by atoms with Gasteiger partial charge in [-0.2, -0.15) is 0 Å². The average Bonchev–Trinajstić information content (AvgIpc) is 2.84. The molecule has 0 radical (unpaired) electrons. The minimum absolute atomic E-state index is 0.346. The van der Waals surface area contributed by atoms with Gasteiger partial charge in [-0.25, -0.2) is 4.79 Å². The van der Waals surface area contributed by atoms with Gasteiger partial charge in [0.1, 0.15) is 0 Å². The molecule has 0 amide bonds. The third kappa shape index (κ3) is 2.32. The molecule has 2 aromatic rings. The van der Waals surface area contributed by atoms with Gasteiger partial charge >= 0.3 is 5.97 Å². The molecule has 1 aromatic carbocycles. The zero-order chi connectivity index (χ0) is 14.7. The topological polar surface area (TPSA) is 68.1 Å². The minimum atomic E-state index is -0.346. The van der Waals surface area contributed by atoms with Gasteiger partial charge in [0.15, 0.2) is 0 Å². The maximum atomic E-state index is 11.6. The summed E-state index contributed by atoms with van der Waals surface area (Å²) in [5, 5.41) is 1.02. The number of methoxy groups -OCH3 is 1. The molecule has 2 rings (SSSR count). The molecule has 0 spiro atoms. The Morgan fingerprint density at radius 3 is 2.75 bits per heavy atom. The van der Waals surface area contributed by atoms with Crippen molar-refractivity contribution in [1.82, 2.24) is 4.98 Å². The van der Waals surface area contributed by atoms with E-state index in [9.17, 15) is 4.79 Å². The molecule has 4 heteroatoms. The Kier molecular flexibility index (Phi) is 3.94. The van der Waals surface area contributed by atoms with Crippen LogP contribution in [0.3, 0.4) is 0 Å². The molecule has 0 saturated carbocycles. The van der Waals surface area contributed by atoms with Crippen LogP contribution in [-0.2, 0) is 4.74 Å². The molecule has 0 atom stereocenters. The van der Waals surface area contributed by atoms with Gasteiger partial charge in [0, 0.05) is 22.2 Å². The lowest BCUT2D eigenvalue weighted by atomic mass is 10.1. The van der Waals surface area contributed by atoms with Crippen molar-refractivity contribution in [3.05, 3.63) is 47.3 Å². The monoisotopic (exact) mass is 270 g/mol. The molecule has 0 bridgehead atoms. The highest BCUT2D eigenvalue weighted by Gasteiger charge is 2.13. The highest BCUT2D eigenvalue weighted by atomic mass is 16.5. The zero-order valence-electron chi connectivity index (χ0n) is 11.9. The molecule has 20 heavy (non-hydrogen) atoms. The normalized spacial score (nSPS) is 12.2. The first kappa shape index (κ1) is 13.9. The van der Waals surface area contributed by atoms with Gasteiger partial charge in [-0.3, -0.25) is 0 Å². The van der Waals surface area contributed by atoms with Crippen LogP contribution in [0.2, 0.25) is 0 Å². The van der Waals surface area contributed by atoms with Crippen LogP contribution in [0.5, 0.6) is 0 Å². The highest BCUT2D eigenvalue weighted by molar-refractivity contribution is 5.99. The maximum Gasteiger partial charge on any atom is 0.337 e. The van der Waals surface area contributed by atoms with E-state index in [2.05, 4.69) is 4.98 Å². The van der Waals surface area contributed by atoms with Crippen LogP contribution < -0.4 is 5.73 Å². The lowest BCUT2D eigenvalue weighted by Gasteiger charge is -2.00. The van der Waals surface area contributed by atoms with Crippen molar-refractivity contribution < 1.29 is 9.53 Å². The number of aromatic nitrogens is 1. The van der Waals surface area contributed by atoms with Crippen molar-refractivity contribution in [2.24, 2.45) is 5.73 Å². The number of hydrogen-bond donors (Lipinski definition) is 2. The van der Waals surface area contributed by atoms with Crippen molar-refractivity contribution >= 4 is 28.5 Å². The standard InChI is InChI=1S/C16H18N2O2/c1-4-10(2)15-13(7-8-17)12-6-5-11(16(19)20-3)9-14(12)18-15/h4-9,18H,17H2,1-3H3/b8-7-,10-4-. The largest absolute Gasteiger partial charge is 0.465 e. The van der Waals surface area contributed by atoms with E-state index >= 15 is 0 Å². The molecule has 0 aliphatic carbocycles. The predicted molar refractivity (Wildman–Crippen MR) is 82.2 cm³/mol. The second-order valence-electron chi connectivity index (χ2n) is 4.50. The quantitative estimate of drug-likeness (QED) is 0.841. The van der Waals surface area contributed by atoms with E-state index in [1.165, 1.54) is 13.3 Å². The number of aromatic amines is 1. The highest BCUT2D eigenvalue weighted by Crippen LogP contribution is 2.29. The summed E-state index contributed by atoms with van der Waals surface area (Å²) in [7, 11) is 1.37. The average molecular weight is 270 g/mol. The third-order valence-corrected chi connectivity index (χ3v) is 3.35. The van der Waals surface area contributed by atoms with Crippen molar-refractivity contribution in [2.75, 3.05) is 7.11 Å². The summed E-state index contributed by atoms with van der Waals surface area (Å²) in [4.78, 5) is 14.9. The number of rotatable bonds is 3. The summed E-state index contributed by atoms with van der Waals surface area (Å²) in [6, 6.07) is 5.45. The van der Waals surface area contributed by atoms with E-state index in [4.69, 9.17) is 10.5 Å². The Labute approximate surface area is 117 Å². The molecule has 1 aromatic heterocycles. The van der Waals surface area contributed by atoms with Crippen molar-refractivity contribution in [3.8, 4) is 0 Å². The Morgan fingerprint density at radius 2 is 2.15 bits per heavy atom. The summed E-state index contributed by atoms with van der Waals surface area (Å²) < 4.78 is 4.74. The molecular weight excluding hydrogens is 252 g/mol. The fraction of sp³-hybridized carbons (Fsp3) is 0.188. The number of carbonyl (C=O) groups is 1. The van der Waals surface area contributed by atoms with Gasteiger partial charge in [-0.1, -0.05) is 12.1 Å². The summed E-state index contributed by atoms with van der Waals surface area (Å²) >= 11 is 0. The van der Waals surface area contributed by atoms with Crippen molar-refractivity contribution in [1.29, 1.82) is 0 Å². The molecule has 3 N–H and O–H groups in total. The second kappa shape index (κ2) is 5.65. The molecule has 0 saturated heterocycles. The number of hydrogen-bond acceptors (Lipinski definition) is 3. The number of nitrogens with one attached hydrogen (secondary N) is 1. The summed E-state index contributed by atoms with van der Waals surface area (Å²) in [6.45, 7) is 4.01. The Bertz CT molecular complexity index is 709. The number of fused-ring (bicyclic) bond motifs is 1. The lowest BCUT2D eigenvalue weighted by Crippen LogP contribution is -2.00. The molecule has 104 valence electrons. The first-order valence-corrected chi connectivity index (χ1v) is 6.38. The zero-order valence-corrected chi connectivity index (χ0v) is 11.9. The minimum Gasteiger partial charge on any atom is -0.465 e. The van der Waals surface area contributed by atoms with Crippen LogP contribution in [-0.4, -0.2) is 18.1 Å². The summed E-state index contributed by atoms with van der Waals surface area (Å²) in [6.07, 6.45) is 5.40. The van der Waals surface area contributed by atoms with Gasteiger partial charge in [0.05, 0.1) is 12.7 Å². The Hall–Kier alpha value is -2.49. The van der Waals surface area contributed by atoms with Gasteiger partial charge in [0.25, 0.3) is 0 Å². The van der Waals surface area contributed by atoms with Crippen LogP contribution in [0.1, 0.15) is 35.5 Å². The molecule has 0 fully saturated rings. The van der Waals surface area contributed by atoms with Crippen LogP contribution in [0.25, 0.3) is 22.6 Å². The summed E-state index contributed by atoms with van der Waals surface area (Å²) in [5.41, 5.74) is 10.1. The van der Waals surface area contributed by atoms with Crippen LogP contribution >= 0.6 is 0 Å². The van der Waals surface area contributed by atoms with Gasteiger partial charge in [-0.15, -0.1) is 0 Å². The van der Waals surface area contributed by atoms with Crippen LogP contribution in [0, 0.1) is 0 Å². The third-order valence-electron chi connectivity index (χ3n) is 3.35. The predicted octanol–water partition coefficient (Wildman–Crippen LogP) is 3.31. The van der Waals surface area contributed by atoms with Crippen LogP contribution in [0.15, 0.2) is 30.5 Å². The van der Waals surface area contributed by atoms with E-state index in [1.807, 2.05) is 32.1 Å². The molecule has 0 aliphatic heterocycles. The van der Waals surface area contributed by atoms with E-state index in [1.54, 1.807) is 12.1 Å². The SMILES string of the molecule is C/C=C(/C)c1[nH]c2cc(C(=O)OC)ccc2c1/C=C\N. The van der Waals surface area contributed by atoms with E-state index < -0.39 is 0 Å². The fourth-order valence-electron chi connectivity index (χ4n) is 2.19. The lowest BCUT2D eigenvalue weighted by molar-refractivity contribution is 0.0601. The number of nitrogens with two attached hydrogens (primary N) is 1. The van der Waals surface area contributed by atoms with Crippen molar-refractivity contribution in [2.45, 2.75) is 13.8 Å². The number of esters is 1. The Morgan fingerprint density at radius 1 is 1.40 bits per heavy atom. The molecule has 0 aliphatic rings. The fourth-order valence-corrected chi connectivity index (χ4v) is 2.19. The smallest absolute Gasteiger partial charge is 0.337 e. The molecule has 4 nitrogen and oxygen atoms in total. The maximum absolute atomic E-state index is 11.6. The number of carbonyl (C=O) groups excluding carboxylic acids is 1. The molecule has 1 heterocycles. The van der Waals surface area contributed by atoms with E-state index in [-0.39, 0.29) is 5.97 Å². The molecule has 0 unspecified atom stereocenters. The number of benzene rings is 1. The van der Waals surface area contributed by atoms with Crippen molar-refractivity contribution in [3.63, 3.8) is 0 Å². The second-order valence-corrected chi connectivity index (χ2v) is 4.50. The van der Waals surface area contributed by atoms with E-state index in [0.29, 0.717) is 5.56 Å². The molecular formula is C16H18N2O2. The first-order valence-electron chi connectivity index (χ1n) is 6.38. The first-order chi connectivity index (χ1) is 9.62. The van der Waals surface area contributed by atoms with Gasteiger partial charge < -0.3 is 15.5 Å². The summed E-state index contributed by atoms with van der Waals surface area (Å²) in [5.74, 6) is -0.346. The van der Waals surface area contributed by atoms with E-state index in [0.717, 1.165) is 27.7 Å². The van der Waals surface area contributed by atoms with Crippen LogP contribution in [0.4, 0.5) is 0 Å². The van der Waals surface area contributed by atoms with Gasteiger partial charge in [0.2, 0.25) is 0 Å². The Balaban J connectivity index is 2.70. The number of ether oxygens (including phenoxy) is 1. The number of H-pyrrole nitrogens is 1. The number of allylic oxidation sites excluding steroid dienone is 2.